The second-order valence-corrected chi connectivity index (χ2v) is 6.54. The molecule has 2 amide bonds. The Bertz CT molecular complexity index is 426. The van der Waals surface area contributed by atoms with E-state index in [1.165, 1.54) is 4.90 Å². The number of carboxylic acid groups (broad SMARTS) is 1. The van der Waals surface area contributed by atoms with Gasteiger partial charge in [0, 0.05) is 45.2 Å². The van der Waals surface area contributed by atoms with Gasteiger partial charge in [-0.1, -0.05) is 0 Å². The van der Waals surface area contributed by atoms with Crippen molar-refractivity contribution in [1.82, 2.24) is 14.7 Å². The molecule has 1 N–H and O–H groups in total. The maximum atomic E-state index is 12.7. The van der Waals surface area contributed by atoms with Crippen molar-refractivity contribution in [3.63, 3.8) is 0 Å². The van der Waals surface area contributed by atoms with E-state index in [1.807, 2.05) is 7.05 Å². The maximum absolute atomic E-state index is 12.7. The van der Waals surface area contributed by atoms with Crippen molar-refractivity contribution < 1.29 is 19.4 Å². The van der Waals surface area contributed by atoms with Gasteiger partial charge < -0.3 is 19.6 Å². The van der Waals surface area contributed by atoms with Gasteiger partial charge in [-0.25, -0.2) is 9.59 Å². The van der Waals surface area contributed by atoms with E-state index in [0.717, 1.165) is 6.54 Å². The summed E-state index contributed by atoms with van der Waals surface area (Å²) in [4.78, 5) is 29.5. The zero-order valence-corrected chi connectivity index (χ0v) is 13.2. The van der Waals surface area contributed by atoms with Crippen molar-refractivity contribution in [2.45, 2.75) is 38.0 Å². The van der Waals surface area contributed by atoms with Gasteiger partial charge in [-0.3, -0.25) is 4.90 Å². The van der Waals surface area contributed by atoms with Crippen LogP contribution in [0.1, 0.15) is 20.3 Å². The fourth-order valence-electron chi connectivity index (χ4n) is 3.00. The van der Waals surface area contributed by atoms with E-state index in [4.69, 9.17) is 4.74 Å². The molecule has 120 valence electrons. The number of nitrogens with zero attached hydrogens (tertiary/aromatic N) is 3. The monoisotopic (exact) mass is 299 g/mol. The topological polar surface area (TPSA) is 73.3 Å². The summed E-state index contributed by atoms with van der Waals surface area (Å²) >= 11 is 0. The molecule has 0 aromatic rings. The molecule has 21 heavy (non-hydrogen) atoms. The van der Waals surface area contributed by atoms with Crippen molar-refractivity contribution in [2.24, 2.45) is 0 Å². The lowest BCUT2D eigenvalue weighted by Gasteiger charge is -2.46. The van der Waals surface area contributed by atoms with Gasteiger partial charge in [-0.15, -0.1) is 0 Å². The lowest BCUT2D eigenvalue weighted by atomic mass is 10.00. The first-order chi connectivity index (χ1) is 9.76. The Hall–Kier alpha value is -1.34. The van der Waals surface area contributed by atoms with Crippen LogP contribution in [0, 0.1) is 0 Å². The largest absolute Gasteiger partial charge is 0.480 e. The minimum Gasteiger partial charge on any atom is -0.480 e. The molecular formula is C14H25N3O4. The third-order valence-electron chi connectivity index (χ3n) is 4.71. The number of urea groups is 1. The molecule has 2 unspecified atom stereocenters. The molecule has 2 aliphatic rings. The number of likely N-dealkylation sites (N-methyl/N-ethyl adjacent to an activating group) is 1. The number of aliphatic carboxylic acids is 1. The fourth-order valence-corrected chi connectivity index (χ4v) is 3.00. The first-order valence-corrected chi connectivity index (χ1v) is 7.28. The Labute approximate surface area is 125 Å². The smallest absolute Gasteiger partial charge is 0.326 e. The van der Waals surface area contributed by atoms with Crippen molar-refractivity contribution in [1.29, 1.82) is 0 Å². The number of carbonyl (C=O) groups is 2. The number of methoxy groups -OCH3 is 1. The average Bonchev–Trinajstić information content (AvgIpc) is 2.85. The molecule has 0 aromatic carbocycles. The first kappa shape index (κ1) is 16.0. The molecule has 0 spiro atoms. The van der Waals surface area contributed by atoms with E-state index < -0.39 is 12.0 Å². The highest BCUT2D eigenvalue weighted by atomic mass is 16.5. The van der Waals surface area contributed by atoms with Gasteiger partial charge >= 0.3 is 12.0 Å². The summed E-state index contributed by atoms with van der Waals surface area (Å²) in [6, 6.07) is -0.978. The van der Waals surface area contributed by atoms with Crippen LogP contribution in [0.5, 0.6) is 0 Å². The molecule has 2 rings (SSSR count). The van der Waals surface area contributed by atoms with Crippen LogP contribution in [0.4, 0.5) is 4.79 Å². The number of piperazine rings is 1. The molecule has 0 aromatic heterocycles. The standard InChI is InChI=1S/C14H25N3O4/c1-14(2)9-16(6-5-15(14)3)13(20)17-8-10(21-4)7-11(17)12(18)19/h10-11H,5-9H2,1-4H3,(H,18,19). The number of hydrogen-bond acceptors (Lipinski definition) is 4. The van der Waals surface area contributed by atoms with Crippen LogP contribution in [-0.2, 0) is 9.53 Å². The molecule has 2 atom stereocenters. The number of amides is 2. The Morgan fingerprint density at radius 3 is 2.48 bits per heavy atom. The van der Waals surface area contributed by atoms with E-state index in [-0.39, 0.29) is 17.7 Å². The highest BCUT2D eigenvalue weighted by molar-refractivity contribution is 5.83. The second kappa shape index (κ2) is 5.81. The zero-order chi connectivity index (χ0) is 15.8. The van der Waals surface area contributed by atoms with Crippen molar-refractivity contribution in [2.75, 3.05) is 40.3 Å². The van der Waals surface area contributed by atoms with Crippen LogP contribution in [0.25, 0.3) is 0 Å². The molecule has 2 heterocycles. The summed E-state index contributed by atoms with van der Waals surface area (Å²) < 4.78 is 5.23. The fraction of sp³-hybridized carbons (Fsp3) is 0.857. The van der Waals surface area contributed by atoms with Crippen molar-refractivity contribution in [3.8, 4) is 0 Å². The van der Waals surface area contributed by atoms with Gasteiger partial charge in [0.15, 0.2) is 0 Å². The number of ether oxygens (including phenoxy) is 1. The van der Waals surface area contributed by atoms with Crippen molar-refractivity contribution >= 4 is 12.0 Å². The lowest BCUT2D eigenvalue weighted by molar-refractivity contribution is -0.141. The predicted molar refractivity (Wildman–Crippen MR) is 77.2 cm³/mol. The molecule has 7 heteroatoms. The Morgan fingerprint density at radius 2 is 1.95 bits per heavy atom. The second-order valence-electron chi connectivity index (χ2n) is 6.54. The molecular weight excluding hydrogens is 274 g/mol. The van der Waals surface area contributed by atoms with E-state index in [9.17, 15) is 14.7 Å². The Balaban J connectivity index is 2.10. The number of carboxylic acids is 1. The minimum atomic E-state index is -0.962. The van der Waals surface area contributed by atoms with E-state index in [0.29, 0.717) is 26.1 Å². The zero-order valence-electron chi connectivity index (χ0n) is 13.2. The highest BCUT2D eigenvalue weighted by Crippen LogP contribution is 2.25. The summed E-state index contributed by atoms with van der Waals surface area (Å²) in [6.07, 6.45) is 0.157. The molecule has 0 bridgehead atoms. The molecule has 2 fully saturated rings. The van der Waals surface area contributed by atoms with E-state index in [1.54, 1.807) is 12.0 Å². The van der Waals surface area contributed by atoms with Crippen LogP contribution >= 0.6 is 0 Å². The van der Waals surface area contributed by atoms with E-state index >= 15 is 0 Å². The number of carbonyl (C=O) groups excluding carboxylic acids is 1. The van der Waals surface area contributed by atoms with Crippen LogP contribution in [-0.4, -0.2) is 89.8 Å². The molecule has 2 aliphatic heterocycles. The normalized spacial score (nSPS) is 29.7. The summed E-state index contributed by atoms with van der Waals surface area (Å²) in [7, 11) is 3.59. The van der Waals surface area contributed by atoms with Gasteiger partial charge in [-0.05, 0) is 20.9 Å². The van der Waals surface area contributed by atoms with Gasteiger partial charge in [0.25, 0.3) is 0 Å². The molecule has 0 aliphatic carbocycles. The summed E-state index contributed by atoms with van der Waals surface area (Å²) in [5, 5.41) is 9.31. The van der Waals surface area contributed by atoms with Crippen LogP contribution in [0.2, 0.25) is 0 Å². The Morgan fingerprint density at radius 1 is 1.29 bits per heavy atom. The first-order valence-electron chi connectivity index (χ1n) is 7.28. The lowest BCUT2D eigenvalue weighted by Crippen LogP contribution is -2.61. The third-order valence-corrected chi connectivity index (χ3v) is 4.71. The van der Waals surface area contributed by atoms with E-state index in [2.05, 4.69) is 18.7 Å². The summed E-state index contributed by atoms with van der Waals surface area (Å²) in [5.74, 6) is -0.962. The third kappa shape index (κ3) is 3.13. The van der Waals surface area contributed by atoms with Crippen LogP contribution in [0.3, 0.4) is 0 Å². The predicted octanol–water partition coefficient (Wildman–Crippen LogP) is 0.306. The van der Waals surface area contributed by atoms with Gasteiger partial charge in [-0.2, -0.15) is 0 Å². The maximum Gasteiger partial charge on any atom is 0.326 e. The summed E-state index contributed by atoms with van der Waals surface area (Å²) in [6.45, 7) is 6.53. The quantitative estimate of drug-likeness (QED) is 0.794. The molecule has 0 radical (unpaired) electrons. The van der Waals surface area contributed by atoms with Gasteiger partial charge in [0.05, 0.1) is 6.10 Å². The minimum absolute atomic E-state index is 0.104. The highest BCUT2D eigenvalue weighted by Gasteiger charge is 2.43. The molecule has 2 saturated heterocycles. The summed E-state index contributed by atoms with van der Waals surface area (Å²) in [5.41, 5.74) is -0.104. The Kier molecular flexibility index (Phi) is 4.43. The number of hydrogen-bond donors (Lipinski definition) is 1. The molecule has 0 saturated carbocycles. The SMILES string of the molecule is COC1CC(C(=O)O)N(C(=O)N2CCN(C)C(C)(C)C2)C1. The van der Waals surface area contributed by atoms with Crippen LogP contribution in [0.15, 0.2) is 0 Å². The van der Waals surface area contributed by atoms with Crippen LogP contribution < -0.4 is 0 Å². The number of likely N-dealkylation sites (tertiary alicyclic amines) is 1. The molecule has 7 nitrogen and oxygen atoms in total. The van der Waals surface area contributed by atoms with Crippen molar-refractivity contribution in [3.05, 3.63) is 0 Å². The number of rotatable bonds is 2. The average molecular weight is 299 g/mol. The van der Waals surface area contributed by atoms with Gasteiger partial charge in [0.2, 0.25) is 0 Å². The van der Waals surface area contributed by atoms with Gasteiger partial charge in [0.1, 0.15) is 6.04 Å².